The van der Waals surface area contributed by atoms with Gasteiger partial charge in [0.25, 0.3) is 0 Å². The highest BCUT2D eigenvalue weighted by Gasteiger charge is 2.38. The van der Waals surface area contributed by atoms with E-state index in [9.17, 15) is 18.3 Å². The van der Waals surface area contributed by atoms with Crippen LogP contribution in [0.1, 0.15) is 5.56 Å². The second-order valence-electron chi connectivity index (χ2n) is 5.66. The summed E-state index contributed by atoms with van der Waals surface area (Å²) in [6.07, 6.45) is 0. The first-order valence-electron chi connectivity index (χ1n) is 7.45. The summed E-state index contributed by atoms with van der Waals surface area (Å²) >= 11 is 5.02. The maximum atomic E-state index is 12.8. The van der Waals surface area contributed by atoms with E-state index in [0.29, 0.717) is 21.4 Å². The molecule has 136 valence electrons. The molecule has 3 rings (SSSR count). The molecule has 3 N–H and O–H groups in total. The van der Waals surface area contributed by atoms with Crippen molar-refractivity contribution in [3.8, 4) is 0 Å². The summed E-state index contributed by atoms with van der Waals surface area (Å²) in [5.74, 6) is 4.80. The van der Waals surface area contributed by atoms with Crippen LogP contribution in [0.4, 0.5) is 5.69 Å². The predicted octanol–water partition coefficient (Wildman–Crippen LogP) is 3.22. The lowest BCUT2D eigenvalue weighted by molar-refractivity contribution is -0.135. The lowest BCUT2D eigenvalue weighted by atomic mass is 10.0. The molecule has 2 aromatic rings. The van der Waals surface area contributed by atoms with Crippen molar-refractivity contribution in [3.63, 3.8) is 0 Å². The Kier molecular flexibility index (Phi) is 5.42. The number of nitrogens with zero attached hydrogens (tertiary/aromatic N) is 1. The van der Waals surface area contributed by atoms with Crippen molar-refractivity contribution in [1.29, 1.82) is 0 Å². The lowest BCUT2D eigenvalue weighted by Gasteiger charge is -2.31. The first-order chi connectivity index (χ1) is 12.2. The first kappa shape index (κ1) is 19.3. The predicted molar refractivity (Wildman–Crippen MR) is 112 cm³/mol. The summed E-state index contributed by atoms with van der Waals surface area (Å²) in [6.45, 7) is 0. The summed E-state index contributed by atoms with van der Waals surface area (Å²) in [5, 5.41) is 10.8. The van der Waals surface area contributed by atoms with E-state index in [0.717, 1.165) is 0 Å². The van der Waals surface area contributed by atoms with E-state index in [2.05, 4.69) is 15.9 Å². The van der Waals surface area contributed by atoms with E-state index in [4.69, 9.17) is 5.84 Å². The number of carboxylic acid groups (broad SMARTS) is 1. The molecule has 9 heteroatoms. The summed E-state index contributed by atoms with van der Waals surface area (Å²) in [5.41, 5.74) is 1.65. The van der Waals surface area contributed by atoms with Crippen molar-refractivity contribution in [2.75, 3.05) is 10.8 Å². The zero-order valence-corrected chi connectivity index (χ0v) is 17.8. The molecule has 0 bridgehead atoms. The highest BCUT2D eigenvalue weighted by molar-refractivity contribution is 14.1. The van der Waals surface area contributed by atoms with E-state index in [-0.39, 0.29) is 10.5 Å². The summed E-state index contributed by atoms with van der Waals surface area (Å²) in [4.78, 5) is 11.7. The van der Waals surface area contributed by atoms with Crippen LogP contribution in [0.3, 0.4) is 0 Å². The van der Waals surface area contributed by atoms with Gasteiger partial charge in [-0.3, -0.25) is 9.80 Å². The molecular weight excluding hydrogens is 535 g/mol. The number of rotatable bonds is 4. The number of benzene rings is 2. The molecule has 1 unspecified atom stereocenters. The summed E-state index contributed by atoms with van der Waals surface area (Å²) in [7, 11) is -3.70. The van der Waals surface area contributed by atoms with Gasteiger partial charge in [-0.05, 0) is 39.7 Å². The number of sulfone groups is 1. The van der Waals surface area contributed by atoms with Gasteiger partial charge < -0.3 is 5.11 Å². The number of nitrogens with two attached hydrogens (primary N) is 1. The molecule has 0 aromatic heterocycles. The largest absolute Gasteiger partial charge is 0.480 e. The average molecular weight is 549 g/mol. The molecule has 0 saturated heterocycles. The van der Waals surface area contributed by atoms with E-state index in [1.165, 1.54) is 5.01 Å². The van der Waals surface area contributed by atoms with Crippen molar-refractivity contribution < 1.29 is 18.3 Å². The molecule has 1 aliphatic rings. The Balaban J connectivity index is 2.34. The molecule has 2 aromatic carbocycles. The minimum atomic E-state index is -3.70. The molecule has 1 heterocycles. The maximum absolute atomic E-state index is 12.8. The molecule has 1 atom stereocenters. The third-order valence-corrected chi connectivity index (χ3v) is 7.94. The number of para-hydroxylation sites is 1. The van der Waals surface area contributed by atoms with Crippen LogP contribution in [0.25, 0.3) is 5.70 Å². The van der Waals surface area contributed by atoms with Gasteiger partial charge in [-0.25, -0.2) is 14.3 Å². The molecule has 0 fully saturated rings. The fourth-order valence-electron chi connectivity index (χ4n) is 2.87. The van der Waals surface area contributed by atoms with Gasteiger partial charge in [0.2, 0.25) is 0 Å². The second kappa shape index (κ2) is 7.29. The Hall–Kier alpha value is -1.43. The van der Waals surface area contributed by atoms with Gasteiger partial charge in [0.05, 0.1) is 22.0 Å². The van der Waals surface area contributed by atoms with Crippen LogP contribution in [-0.4, -0.2) is 29.2 Å². The van der Waals surface area contributed by atoms with Gasteiger partial charge in [-0.1, -0.05) is 52.9 Å². The zero-order chi connectivity index (χ0) is 19.1. The van der Waals surface area contributed by atoms with Crippen LogP contribution >= 0.6 is 38.5 Å². The fraction of sp³-hybridized carbons (Fsp3) is 0.118. The number of carbonyl (C=O) groups is 1. The highest BCUT2D eigenvalue weighted by atomic mass is 127. The van der Waals surface area contributed by atoms with Crippen LogP contribution < -0.4 is 10.9 Å². The lowest BCUT2D eigenvalue weighted by Crippen LogP contribution is -2.37. The third kappa shape index (κ3) is 3.40. The SMILES string of the molecule is NN(C1=C(C(I)C(=O)O)CS(=O)(=O)c2c(Br)cccc21)c1ccccc1. The normalized spacial score (nSPS) is 16.7. The standard InChI is InChI=1S/C17H14BrIN2O4S/c18-13-8-4-7-11-15(21(20)10-5-2-1-3-6-10)12(14(19)17(22)23)9-26(24,25)16(11)13/h1-8,14H,9,20H2,(H,22,23). The molecular formula is C17H14BrIN2O4S. The van der Waals surface area contributed by atoms with Crippen molar-refractivity contribution in [2.45, 2.75) is 8.82 Å². The van der Waals surface area contributed by atoms with Crippen LogP contribution in [0, 0.1) is 0 Å². The quantitative estimate of drug-likeness (QED) is 0.263. The number of carboxylic acids is 1. The van der Waals surface area contributed by atoms with Crippen molar-refractivity contribution in [1.82, 2.24) is 0 Å². The van der Waals surface area contributed by atoms with E-state index in [1.54, 1.807) is 65.1 Å². The topological polar surface area (TPSA) is 101 Å². The van der Waals surface area contributed by atoms with Crippen molar-refractivity contribution >= 4 is 65.7 Å². The van der Waals surface area contributed by atoms with E-state index >= 15 is 0 Å². The highest BCUT2D eigenvalue weighted by Crippen LogP contribution is 2.41. The molecule has 0 radical (unpaired) electrons. The Morgan fingerprint density at radius 1 is 1.19 bits per heavy atom. The van der Waals surface area contributed by atoms with Gasteiger partial charge in [0.1, 0.15) is 3.92 Å². The number of fused-ring (bicyclic) bond motifs is 1. The summed E-state index contributed by atoms with van der Waals surface area (Å²) in [6, 6.07) is 14.0. The number of halogens is 2. The molecule has 0 spiro atoms. The van der Waals surface area contributed by atoms with Gasteiger partial charge in [-0.2, -0.15) is 0 Å². The fourth-order valence-corrected chi connectivity index (χ4v) is 6.52. The van der Waals surface area contributed by atoms with E-state index in [1.807, 2.05) is 6.07 Å². The van der Waals surface area contributed by atoms with Crippen LogP contribution in [0.15, 0.2) is 63.5 Å². The minimum absolute atomic E-state index is 0.124. The molecule has 26 heavy (non-hydrogen) atoms. The number of alkyl halides is 1. The Labute approximate surface area is 172 Å². The molecule has 0 saturated carbocycles. The molecule has 0 amide bonds. The van der Waals surface area contributed by atoms with Gasteiger partial charge in [0.15, 0.2) is 9.84 Å². The Bertz CT molecular complexity index is 1010. The number of hydrazine groups is 1. The van der Waals surface area contributed by atoms with Crippen molar-refractivity contribution in [3.05, 3.63) is 64.1 Å². The first-order valence-corrected chi connectivity index (χ1v) is 11.1. The van der Waals surface area contributed by atoms with Gasteiger partial charge in [0, 0.05) is 10.0 Å². The number of hydrogen-bond donors (Lipinski definition) is 2. The summed E-state index contributed by atoms with van der Waals surface area (Å²) < 4.78 is 25.0. The van der Waals surface area contributed by atoms with Crippen LogP contribution in [0.2, 0.25) is 0 Å². The molecule has 0 aliphatic carbocycles. The van der Waals surface area contributed by atoms with Gasteiger partial charge in [-0.15, -0.1) is 0 Å². The molecule has 6 nitrogen and oxygen atoms in total. The van der Waals surface area contributed by atoms with Crippen molar-refractivity contribution in [2.24, 2.45) is 5.84 Å². The number of hydrogen-bond acceptors (Lipinski definition) is 5. The van der Waals surface area contributed by atoms with Gasteiger partial charge >= 0.3 is 5.97 Å². The monoisotopic (exact) mass is 548 g/mol. The van der Waals surface area contributed by atoms with Crippen LogP contribution in [0.5, 0.6) is 0 Å². The Morgan fingerprint density at radius 2 is 1.85 bits per heavy atom. The average Bonchev–Trinajstić information content (AvgIpc) is 2.60. The number of aliphatic carboxylic acids is 1. The molecule has 1 aliphatic heterocycles. The van der Waals surface area contributed by atoms with Crippen LogP contribution in [-0.2, 0) is 14.6 Å². The Morgan fingerprint density at radius 3 is 2.46 bits per heavy atom. The maximum Gasteiger partial charge on any atom is 0.320 e. The third-order valence-electron chi connectivity index (χ3n) is 3.98. The zero-order valence-electron chi connectivity index (χ0n) is 13.3. The minimum Gasteiger partial charge on any atom is -0.480 e. The smallest absolute Gasteiger partial charge is 0.320 e. The van der Waals surface area contributed by atoms with E-state index < -0.39 is 25.5 Å². The second-order valence-corrected chi connectivity index (χ2v) is 9.68. The number of anilines is 1.